The van der Waals surface area contributed by atoms with Gasteiger partial charge in [0.2, 0.25) is 0 Å². The highest BCUT2D eigenvalue weighted by Crippen LogP contribution is 2.27. The lowest BCUT2D eigenvalue weighted by Gasteiger charge is -2.11. The molecule has 27 heavy (non-hydrogen) atoms. The lowest BCUT2D eigenvalue weighted by atomic mass is 10.1. The topological polar surface area (TPSA) is 82.1 Å². The van der Waals surface area contributed by atoms with Crippen LogP contribution in [0.3, 0.4) is 0 Å². The van der Waals surface area contributed by atoms with Crippen molar-refractivity contribution in [1.82, 2.24) is 0 Å². The molecule has 0 aliphatic rings. The number of esters is 1. The second kappa shape index (κ2) is 9.43. The number of methoxy groups -OCH3 is 1. The Morgan fingerprint density at radius 3 is 2.56 bits per heavy atom. The number of carbonyl (C=O) groups excluding carboxylic acids is 2. The average molecular weight is 370 g/mol. The van der Waals surface area contributed by atoms with Gasteiger partial charge in [-0.3, -0.25) is 4.79 Å². The number of rotatable bonds is 8. The van der Waals surface area contributed by atoms with Crippen molar-refractivity contribution in [3.8, 4) is 17.2 Å². The zero-order valence-electron chi connectivity index (χ0n) is 15.5. The van der Waals surface area contributed by atoms with E-state index >= 15 is 0 Å². The summed E-state index contributed by atoms with van der Waals surface area (Å²) in [5.41, 5.74) is 1.82. The largest absolute Gasteiger partial charge is 0.504 e. The van der Waals surface area contributed by atoms with Gasteiger partial charge in [0.15, 0.2) is 17.3 Å². The molecule has 0 saturated heterocycles. The van der Waals surface area contributed by atoms with E-state index in [0.717, 1.165) is 0 Å². The zero-order chi connectivity index (χ0) is 19.8. The molecule has 0 spiro atoms. The van der Waals surface area contributed by atoms with E-state index in [1.165, 1.54) is 26.2 Å². The molecule has 0 aliphatic carbocycles. The van der Waals surface area contributed by atoms with E-state index in [-0.39, 0.29) is 18.1 Å². The molecule has 142 valence electrons. The summed E-state index contributed by atoms with van der Waals surface area (Å²) in [6.07, 6.45) is 2.83. The summed E-state index contributed by atoms with van der Waals surface area (Å²) in [5.74, 6) is 0.283. The molecular formula is C21H22O6. The number of aromatic hydroxyl groups is 1. The van der Waals surface area contributed by atoms with Crippen molar-refractivity contribution < 1.29 is 28.9 Å². The van der Waals surface area contributed by atoms with Crippen LogP contribution >= 0.6 is 0 Å². The molecule has 0 bridgehead atoms. The van der Waals surface area contributed by atoms with E-state index in [1.54, 1.807) is 36.4 Å². The van der Waals surface area contributed by atoms with Gasteiger partial charge in [-0.25, -0.2) is 4.79 Å². The van der Waals surface area contributed by atoms with Crippen molar-refractivity contribution in [2.45, 2.75) is 20.5 Å². The minimum atomic E-state index is -0.544. The fourth-order valence-corrected chi connectivity index (χ4v) is 2.37. The monoisotopic (exact) mass is 370 g/mol. The Hall–Kier alpha value is -3.28. The Morgan fingerprint density at radius 1 is 1.11 bits per heavy atom. The summed E-state index contributed by atoms with van der Waals surface area (Å²) >= 11 is 0. The number of phenolic OH excluding ortho intramolecular Hbond substituents is 1. The van der Waals surface area contributed by atoms with Crippen LogP contribution in [0.5, 0.6) is 17.2 Å². The Bertz CT molecular complexity index is 854. The minimum Gasteiger partial charge on any atom is -0.504 e. The number of hydrogen-bond acceptors (Lipinski definition) is 6. The first-order valence-electron chi connectivity index (χ1n) is 8.43. The molecule has 0 fully saturated rings. The number of hydrogen-bond donors (Lipinski definition) is 1. The van der Waals surface area contributed by atoms with E-state index in [1.807, 2.05) is 6.92 Å². The molecule has 0 unspecified atom stereocenters. The van der Waals surface area contributed by atoms with Gasteiger partial charge in [-0.05, 0) is 55.8 Å². The van der Waals surface area contributed by atoms with Gasteiger partial charge in [0, 0.05) is 17.2 Å². The van der Waals surface area contributed by atoms with Crippen LogP contribution < -0.4 is 9.47 Å². The summed E-state index contributed by atoms with van der Waals surface area (Å²) in [6.45, 7) is 3.77. The van der Waals surface area contributed by atoms with Gasteiger partial charge < -0.3 is 19.3 Å². The number of benzene rings is 2. The van der Waals surface area contributed by atoms with E-state index in [2.05, 4.69) is 0 Å². The number of ether oxygens (including phenoxy) is 3. The maximum absolute atomic E-state index is 12.0. The molecule has 2 rings (SSSR count). The summed E-state index contributed by atoms with van der Waals surface area (Å²) < 4.78 is 15.8. The molecular weight excluding hydrogens is 348 g/mol. The third kappa shape index (κ3) is 5.60. The molecule has 2 aromatic rings. The minimum absolute atomic E-state index is 0.0154. The van der Waals surface area contributed by atoms with Gasteiger partial charge in [0.05, 0.1) is 13.7 Å². The van der Waals surface area contributed by atoms with Gasteiger partial charge in [-0.2, -0.15) is 0 Å². The Balaban J connectivity index is 2.06. The Kier molecular flexibility index (Phi) is 7.00. The van der Waals surface area contributed by atoms with Crippen LogP contribution in [0.15, 0.2) is 42.5 Å². The molecule has 0 heterocycles. The molecule has 1 N–H and O–H groups in total. The van der Waals surface area contributed by atoms with Crippen LogP contribution in [0, 0.1) is 0 Å². The first-order valence-corrected chi connectivity index (χ1v) is 8.43. The second-order valence-electron chi connectivity index (χ2n) is 5.68. The maximum Gasteiger partial charge on any atom is 0.331 e. The van der Waals surface area contributed by atoms with Crippen molar-refractivity contribution in [3.63, 3.8) is 0 Å². The highest BCUT2D eigenvalue weighted by atomic mass is 16.5. The summed E-state index contributed by atoms with van der Waals surface area (Å²) in [4.78, 5) is 23.6. The van der Waals surface area contributed by atoms with Gasteiger partial charge >= 0.3 is 5.97 Å². The second-order valence-corrected chi connectivity index (χ2v) is 5.68. The number of phenols is 1. The Labute approximate surface area is 158 Å². The molecule has 6 nitrogen and oxygen atoms in total. The number of Topliss-reactive ketones (excluding diaryl/α,β-unsaturated/α-hetero) is 1. The zero-order valence-corrected chi connectivity index (χ0v) is 15.5. The van der Waals surface area contributed by atoms with Gasteiger partial charge in [0.25, 0.3) is 0 Å². The van der Waals surface area contributed by atoms with Crippen LogP contribution in [0.4, 0.5) is 0 Å². The van der Waals surface area contributed by atoms with E-state index < -0.39 is 5.97 Å². The molecule has 0 radical (unpaired) electrons. The standard InChI is InChI=1S/C21H22O6/c1-4-26-19-9-7-16(14(2)22)12-17(19)13-27-21(24)10-6-15-5-8-18(23)20(11-15)25-3/h5-12,23H,4,13H2,1-3H3/b10-6+. The van der Waals surface area contributed by atoms with Crippen molar-refractivity contribution in [2.75, 3.05) is 13.7 Å². The third-order valence-corrected chi connectivity index (χ3v) is 3.75. The lowest BCUT2D eigenvalue weighted by molar-refractivity contribution is -0.138. The molecule has 6 heteroatoms. The van der Waals surface area contributed by atoms with Crippen LogP contribution in [-0.4, -0.2) is 30.6 Å². The summed E-state index contributed by atoms with van der Waals surface area (Å²) in [6, 6.07) is 9.76. The van der Waals surface area contributed by atoms with Crippen molar-refractivity contribution >= 4 is 17.8 Å². The first kappa shape index (κ1) is 20.0. The van der Waals surface area contributed by atoms with Crippen molar-refractivity contribution in [2.24, 2.45) is 0 Å². The van der Waals surface area contributed by atoms with Crippen molar-refractivity contribution in [3.05, 3.63) is 59.2 Å². The van der Waals surface area contributed by atoms with Crippen LogP contribution in [0.25, 0.3) is 6.08 Å². The SMILES string of the molecule is CCOc1ccc(C(C)=O)cc1COC(=O)/C=C/c1ccc(O)c(OC)c1. The van der Waals surface area contributed by atoms with Gasteiger partial charge in [-0.1, -0.05) is 6.07 Å². The highest BCUT2D eigenvalue weighted by molar-refractivity contribution is 5.94. The van der Waals surface area contributed by atoms with E-state index in [4.69, 9.17) is 14.2 Å². The molecule has 0 saturated carbocycles. The fourth-order valence-electron chi connectivity index (χ4n) is 2.37. The van der Waals surface area contributed by atoms with Crippen LogP contribution in [-0.2, 0) is 16.1 Å². The first-order chi connectivity index (χ1) is 12.9. The lowest BCUT2D eigenvalue weighted by Crippen LogP contribution is -2.05. The number of ketones is 1. The summed E-state index contributed by atoms with van der Waals surface area (Å²) in [5, 5.41) is 9.58. The predicted octanol–water partition coefficient (Wildman–Crippen LogP) is 3.76. The highest BCUT2D eigenvalue weighted by Gasteiger charge is 2.10. The average Bonchev–Trinajstić information content (AvgIpc) is 2.66. The van der Waals surface area contributed by atoms with Gasteiger partial charge in [0.1, 0.15) is 12.4 Å². The smallest absolute Gasteiger partial charge is 0.331 e. The molecule has 2 aromatic carbocycles. The molecule has 0 aliphatic heterocycles. The van der Waals surface area contributed by atoms with Gasteiger partial charge in [-0.15, -0.1) is 0 Å². The van der Waals surface area contributed by atoms with Crippen molar-refractivity contribution in [1.29, 1.82) is 0 Å². The van der Waals surface area contributed by atoms with E-state index in [9.17, 15) is 14.7 Å². The number of carbonyl (C=O) groups is 2. The summed E-state index contributed by atoms with van der Waals surface area (Å²) in [7, 11) is 1.45. The van der Waals surface area contributed by atoms with Crippen LogP contribution in [0.2, 0.25) is 0 Å². The maximum atomic E-state index is 12.0. The fraction of sp³-hybridized carbons (Fsp3) is 0.238. The molecule has 0 amide bonds. The third-order valence-electron chi connectivity index (χ3n) is 3.75. The molecule has 0 atom stereocenters. The molecule has 0 aromatic heterocycles. The quantitative estimate of drug-likeness (QED) is 0.433. The Morgan fingerprint density at radius 2 is 1.89 bits per heavy atom. The van der Waals surface area contributed by atoms with Crippen LogP contribution in [0.1, 0.15) is 35.3 Å². The predicted molar refractivity (Wildman–Crippen MR) is 101 cm³/mol. The van der Waals surface area contributed by atoms with E-state index in [0.29, 0.717) is 34.8 Å². The normalized spacial score (nSPS) is 10.6.